The highest BCUT2D eigenvalue weighted by Gasteiger charge is 2.09. The van der Waals surface area contributed by atoms with Crippen molar-refractivity contribution in [3.8, 4) is 0 Å². The monoisotopic (exact) mass is 297 g/mol. The van der Waals surface area contributed by atoms with Crippen molar-refractivity contribution in [2.45, 2.75) is 11.3 Å². The third-order valence-corrected chi connectivity index (χ3v) is 4.54. The van der Waals surface area contributed by atoms with Gasteiger partial charge >= 0.3 is 0 Å². The van der Waals surface area contributed by atoms with Crippen LogP contribution in [0.3, 0.4) is 0 Å². The highest BCUT2D eigenvalue weighted by atomic mass is 32.2. The first-order chi connectivity index (χ1) is 8.97. The lowest BCUT2D eigenvalue weighted by Gasteiger charge is -2.09. The van der Waals surface area contributed by atoms with Crippen molar-refractivity contribution in [1.29, 1.82) is 0 Å². The summed E-state index contributed by atoms with van der Waals surface area (Å²) in [6, 6.07) is 4.71. The Balaban J connectivity index is 2.01. The Hall–Kier alpha value is -1.60. The van der Waals surface area contributed by atoms with E-state index in [1.807, 2.05) is 5.38 Å². The van der Waals surface area contributed by atoms with E-state index in [0.29, 0.717) is 12.2 Å². The largest absolute Gasteiger partial charge is 0.397 e. The van der Waals surface area contributed by atoms with Gasteiger partial charge in [-0.3, -0.25) is 0 Å². The SMILES string of the molecule is CS(=O)(=O)c1ccc(NCCc2nccs2)c(N)c1. The maximum Gasteiger partial charge on any atom is 0.175 e. The van der Waals surface area contributed by atoms with E-state index in [0.717, 1.165) is 23.4 Å². The predicted octanol–water partition coefficient (Wildman–Crippen LogP) is 1.78. The zero-order valence-corrected chi connectivity index (χ0v) is 12.1. The van der Waals surface area contributed by atoms with Crippen molar-refractivity contribution in [1.82, 2.24) is 4.98 Å². The van der Waals surface area contributed by atoms with Crippen LogP contribution in [0.4, 0.5) is 11.4 Å². The number of aromatic nitrogens is 1. The normalized spacial score (nSPS) is 11.4. The van der Waals surface area contributed by atoms with Gasteiger partial charge in [0, 0.05) is 30.8 Å². The summed E-state index contributed by atoms with van der Waals surface area (Å²) in [5, 5.41) is 6.17. The molecule has 19 heavy (non-hydrogen) atoms. The van der Waals surface area contributed by atoms with E-state index < -0.39 is 9.84 Å². The zero-order valence-electron chi connectivity index (χ0n) is 10.5. The summed E-state index contributed by atoms with van der Waals surface area (Å²) in [7, 11) is -3.21. The molecular formula is C12H15N3O2S2. The number of sulfone groups is 1. The Morgan fingerprint density at radius 2 is 2.21 bits per heavy atom. The molecule has 0 spiro atoms. The highest BCUT2D eigenvalue weighted by molar-refractivity contribution is 7.90. The summed E-state index contributed by atoms with van der Waals surface area (Å²) in [5.41, 5.74) is 7.01. The first kappa shape index (κ1) is 13.8. The molecule has 0 aliphatic heterocycles. The first-order valence-corrected chi connectivity index (χ1v) is 8.46. The molecule has 0 saturated heterocycles. The fraction of sp³-hybridized carbons (Fsp3) is 0.250. The van der Waals surface area contributed by atoms with Crippen LogP contribution in [0.25, 0.3) is 0 Å². The smallest absolute Gasteiger partial charge is 0.175 e. The number of nitrogens with zero attached hydrogens (tertiary/aromatic N) is 1. The summed E-state index contributed by atoms with van der Waals surface area (Å²) in [5.74, 6) is 0. The predicted molar refractivity (Wildman–Crippen MR) is 78.3 cm³/mol. The Morgan fingerprint density at radius 3 is 2.79 bits per heavy atom. The molecule has 0 saturated carbocycles. The second-order valence-electron chi connectivity index (χ2n) is 4.12. The third kappa shape index (κ3) is 3.68. The zero-order chi connectivity index (χ0) is 13.9. The molecule has 1 aromatic carbocycles. The van der Waals surface area contributed by atoms with Crippen LogP contribution >= 0.6 is 11.3 Å². The molecule has 0 bridgehead atoms. The molecule has 1 aromatic heterocycles. The van der Waals surface area contributed by atoms with Gasteiger partial charge in [-0.1, -0.05) is 0 Å². The second kappa shape index (κ2) is 5.58. The standard InChI is InChI=1S/C12H15N3O2S2/c1-19(16,17)9-2-3-11(10(13)8-9)14-5-4-12-15-6-7-18-12/h2-3,6-8,14H,4-5,13H2,1H3. The number of nitrogen functional groups attached to an aromatic ring is 1. The minimum Gasteiger partial charge on any atom is -0.397 e. The van der Waals surface area contributed by atoms with Gasteiger partial charge in [-0.25, -0.2) is 13.4 Å². The average molecular weight is 297 g/mol. The van der Waals surface area contributed by atoms with Crippen LogP contribution in [0.15, 0.2) is 34.7 Å². The molecule has 0 aliphatic rings. The second-order valence-corrected chi connectivity index (χ2v) is 7.12. The Bertz CT molecular complexity index is 652. The van der Waals surface area contributed by atoms with E-state index >= 15 is 0 Å². The molecule has 2 aromatic rings. The number of thiazole rings is 1. The van der Waals surface area contributed by atoms with E-state index in [1.54, 1.807) is 29.7 Å². The van der Waals surface area contributed by atoms with Gasteiger partial charge in [0.25, 0.3) is 0 Å². The van der Waals surface area contributed by atoms with Crippen LogP contribution in [0.2, 0.25) is 0 Å². The molecule has 0 amide bonds. The summed E-state index contributed by atoms with van der Waals surface area (Å²) in [4.78, 5) is 4.42. The van der Waals surface area contributed by atoms with Crippen molar-refractivity contribution in [2.75, 3.05) is 23.9 Å². The summed E-state index contributed by atoms with van der Waals surface area (Å²) in [6.45, 7) is 0.704. The van der Waals surface area contributed by atoms with Crippen molar-refractivity contribution < 1.29 is 8.42 Å². The van der Waals surface area contributed by atoms with Crippen LogP contribution in [0, 0.1) is 0 Å². The van der Waals surface area contributed by atoms with E-state index in [-0.39, 0.29) is 4.90 Å². The molecule has 0 atom stereocenters. The van der Waals surface area contributed by atoms with Crippen molar-refractivity contribution >= 4 is 32.5 Å². The van der Waals surface area contributed by atoms with Crippen LogP contribution < -0.4 is 11.1 Å². The van der Waals surface area contributed by atoms with Gasteiger partial charge in [0.2, 0.25) is 0 Å². The molecule has 0 unspecified atom stereocenters. The lowest BCUT2D eigenvalue weighted by molar-refractivity contribution is 0.602. The van der Waals surface area contributed by atoms with E-state index in [1.165, 1.54) is 6.07 Å². The van der Waals surface area contributed by atoms with Gasteiger partial charge < -0.3 is 11.1 Å². The summed E-state index contributed by atoms with van der Waals surface area (Å²) < 4.78 is 22.8. The van der Waals surface area contributed by atoms with Crippen LogP contribution in [0.5, 0.6) is 0 Å². The number of benzene rings is 1. The Kier molecular flexibility index (Phi) is 4.06. The molecule has 3 N–H and O–H groups in total. The number of nitrogens with two attached hydrogens (primary N) is 1. The highest BCUT2D eigenvalue weighted by Crippen LogP contribution is 2.22. The average Bonchev–Trinajstić information content (AvgIpc) is 2.83. The van der Waals surface area contributed by atoms with Crippen LogP contribution in [-0.4, -0.2) is 26.2 Å². The summed E-state index contributed by atoms with van der Waals surface area (Å²) >= 11 is 1.61. The van der Waals surface area contributed by atoms with Gasteiger partial charge in [0.05, 0.1) is 21.3 Å². The first-order valence-electron chi connectivity index (χ1n) is 5.68. The topological polar surface area (TPSA) is 85.1 Å². The van der Waals surface area contributed by atoms with Gasteiger partial charge in [-0.15, -0.1) is 11.3 Å². The molecular weight excluding hydrogens is 282 g/mol. The van der Waals surface area contributed by atoms with Crippen LogP contribution in [0.1, 0.15) is 5.01 Å². The number of nitrogens with one attached hydrogen (secondary N) is 1. The van der Waals surface area contributed by atoms with Gasteiger partial charge in [0.1, 0.15) is 0 Å². The van der Waals surface area contributed by atoms with Crippen molar-refractivity contribution in [3.63, 3.8) is 0 Å². The van der Waals surface area contributed by atoms with E-state index in [2.05, 4.69) is 10.3 Å². The Morgan fingerprint density at radius 1 is 1.42 bits per heavy atom. The summed E-state index contributed by atoms with van der Waals surface area (Å²) in [6.07, 6.45) is 3.75. The third-order valence-electron chi connectivity index (χ3n) is 2.59. The fourth-order valence-electron chi connectivity index (χ4n) is 1.61. The van der Waals surface area contributed by atoms with Gasteiger partial charge in [-0.2, -0.15) is 0 Å². The maximum atomic E-state index is 11.4. The molecule has 0 radical (unpaired) electrons. The molecule has 7 heteroatoms. The molecule has 102 valence electrons. The fourth-order valence-corrected chi connectivity index (χ4v) is 2.89. The van der Waals surface area contributed by atoms with Crippen LogP contribution in [-0.2, 0) is 16.3 Å². The lowest BCUT2D eigenvalue weighted by atomic mass is 10.2. The minimum absolute atomic E-state index is 0.232. The molecule has 0 aliphatic carbocycles. The number of anilines is 2. The molecule has 0 fully saturated rings. The van der Waals surface area contributed by atoms with Crippen molar-refractivity contribution in [3.05, 3.63) is 34.8 Å². The maximum absolute atomic E-state index is 11.4. The minimum atomic E-state index is -3.21. The molecule has 5 nitrogen and oxygen atoms in total. The van der Waals surface area contributed by atoms with Crippen molar-refractivity contribution in [2.24, 2.45) is 0 Å². The quantitative estimate of drug-likeness (QED) is 0.822. The van der Waals surface area contributed by atoms with E-state index in [4.69, 9.17) is 5.73 Å². The number of hydrogen-bond acceptors (Lipinski definition) is 6. The van der Waals surface area contributed by atoms with E-state index in [9.17, 15) is 8.42 Å². The van der Waals surface area contributed by atoms with Gasteiger partial charge in [0.15, 0.2) is 9.84 Å². The number of rotatable bonds is 5. The Labute approximate surface area is 116 Å². The molecule has 1 heterocycles. The lowest BCUT2D eigenvalue weighted by Crippen LogP contribution is -2.07. The van der Waals surface area contributed by atoms with Gasteiger partial charge in [-0.05, 0) is 18.2 Å². The number of hydrogen-bond donors (Lipinski definition) is 2. The molecule has 2 rings (SSSR count).